The van der Waals surface area contributed by atoms with Crippen molar-refractivity contribution in [2.24, 2.45) is 4.99 Å². The summed E-state index contributed by atoms with van der Waals surface area (Å²) in [5.74, 6) is -1.46. The Labute approximate surface area is 239 Å². The molecule has 0 atom stereocenters. The van der Waals surface area contributed by atoms with Gasteiger partial charge in [-0.2, -0.15) is 0 Å². The molecule has 0 aliphatic carbocycles. The molecule has 0 bridgehead atoms. The number of nitrogens with zero attached hydrogens (tertiary/aromatic N) is 1. The maximum absolute atomic E-state index is 13.2. The minimum absolute atomic E-state index is 0.0211. The molecule has 1 aliphatic heterocycles. The minimum Gasteiger partial charge on any atom is -0.506 e. The molecular weight excluding hydrogens is 557 g/mol. The summed E-state index contributed by atoms with van der Waals surface area (Å²) < 4.78 is 29.6. The molecule has 0 saturated carbocycles. The number of methoxy groups -OCH3 is 1. The van der Waals surface area contributed by atoms with E-state index in [9.17, 15) is 19.1 Å². The lowest BCUT2D eigenvalue weighted by Gasteiger charge is -2.13. The molecule has 0 spiro atoms. The number of benzene rings is 3. The van der Waals surface area contributed by atoms with E-state index in [0.29, 0.717) is 16.9 Å². The SMILES string of the molecule is CCOC(=O)C1=C(O)/C(=C/c2cc(Cl)c(OCc3ccc(F)cc3)c(OC)c2)SC1=NC(=O)c1ccccc1C. The Bertz CT molecular complexity index is 1550. The topological polar surface area (TPSA) is 94.4 Å². The van der Waals surface area contributed by atoms with E-state index < -0.39 is 11.9 Å². The molecule has 1 amide bonds. The van der Waals surface area contributed by atoms with Gasteiger partial charge in [-0.3, -0.25) is 4.79 Å². The number of aliphatic imine (C=N–C) groups is 1. The standard InChI is InChI=1S/C30H25ClFNO6S/c1-4-38-30(36)25-26(34)24(40-29(25)33-28(35)21-8-6-5-7-17(21)2)15-19-13-22(31)27(23(14-19)37-3)39-16-18-9-11-20(32)12-10-18/h5-15,34H,4,16H2,1-3H3/b24-15-,33-29?. The molecule has 0 saturated heterocycles. The van der Waals surface area contributed by atoms with Crippen LogP contribution in [0, 0.1) is 12.7 Å². The van der Waals surface area contributed by atoms with Crippen molar-refractivity contribution in [2.45, 2.75) is 20.5 Å². The number of hydrogen-bond donors (Lipinski definition) is 1. The predicted molar refractivity (Wildman–Crippen MR) is 154 cm³/mol. The summed E-state index contributed by atoms with van der Waals surface area (Å²) in [6, 6.07) is 16.1. The van der Waals surface area contributed by atoms with Gasteiger partial charge in [0.25, 0.3) is 5.91 Å². The molecule has 1 N–H and O–H groups in total. The summed E-state index contributed by atoms with van der Waals surface area (Å²) in [6.07, 6.45) is 1.58. The van der Waals surface area contributed by atoms with E-state index >= 15 is 0 Å². The van der Waals surface area contributed by atoms with E-state index in [-0.39, 0.29) is 51.1 Å². The van der Waals surface area contributed by atoms with Crippen molar-refractivity contribution in [3.05, 3.63) is 110 Å². The second-order valence-corrected chi connectivity index (χ2v) is 9.98. The van der Waals surface area contributed by atoms with Crippen LogP contribution in [-0.4, -0.2) is 35.7 Å². The van der Waals surface area contributed by atoms with Gasteiger partial charge in [-0.1, -0.05) is 53.7 Å². The van der Waals surface area contributed by atoms with Gasteiger partial charge in [0.15, 0.2) is 11.5 Å². The number of aliphatic hydroxyl groups is 1. The highest BCUT2D eigenvalue weighted by Crippen LogP contribution is 2.42. The Kier molecular flexibility index (Phi) is 9.29. The number of amides is 1. The molecule has 1 heterocycles. The second kappa shape index (κ2) is 12.8. The number of carbonyl (C=O) groups is 2. The van der Waals surface area contributed by atoms with Crippen LogP contribution in [0.3, 0.4) is 0 Å². The zero-order valence-corrected chi connectivity index (χ0v) is 23.4. The molecule has 0 unspecified atom stereocenters. The van der Waals surface area contributed by atoms with Gasteiger partial charge >= 0.3 is 5.97 Å². The fourth-order valence-electron chi connectivity index (χ4n) is 3.81. The summed E-state index contributed by atoms with van der Waals surface area (Å²) in [5.41, 5.74) is 2.17. The number of rotatable bonds is 8. The van der Waals surface area contributed by atoms with Crippen LogP contribution in [0.4, 0.5) is 4.39 Å². The summed E-state index contributed by atoms with van der Waals surface area (Å²) in [4.78, 5) is 30.0. The number of hydrogen-bond acceptors (Lipinski definition) is 7. The lowest BCUT2D eigenvalue weighted by molar-refractivity contribution is -0.138. The summed E-state index contributed by atoms with van der Waals surface area (Å²) in [5, 5.41) is 11.2. The molecule has 40 heavy (non-hydrogen) atoms. The molecule has 0 radical (unpaired) electrons. The van der Waals surface area contributed by atoms with Crippen LogP contribution in [0.5, 0.6) is 11.5 Å². The maximum atomic E-state index is 13.2. The van der Waals surface area contributed by atoms with Gasteiger partial charge in [0.05, 0.1) is 23.6 Å². The first-order valence-corrected chi connectivity index (χ1v) is 13.3. The lowest BCUT2D eigenvalue weighted by atomic mass is 10.1. The van der Waals surface area contributed by atoms with E-state index in [1.54, 1.807) is 68.5 Å². The molecule has 206 valence electrons. The maximum Gasteiger partial charge on any atom is 0.344 e. The van der Waals surface area contributed by atoms with Gasteiger partial charge in [0.2, 0.25) is 0 Å². The predicted octanol–water partition coefficient (Wildman–Crippen LogP) is 7.08. The van der Waals surface area contributed by atoms with E-state index in [4.69, 9.17) is 25.8 Å². The Morgan fingerprint density at radius 1 is 1.12 bits per heavy atom. The average molecular weight is 582 g/mol. The number of aliphatic hydroxyl groups excluding tert-OH is 1. The fraction of sp³-hybridized carbons (Fsp3) is 0.167. The van der Waals surface area contributed by atoms with Crippen molar-refractivity contribution in [1.29, 1.82) is 0 Å². The first kappa shape index (κ1) is 28.9. The van der Waals surface area contributed by atoms with Crippen molar-refractivity contribution in [1.82, 2.24) is 0 Å². The van der Waals surface area contributed by atoms with Crippen molar-refractivity contribution >= 4 is 46.4 Å². The van der Waals surface area contributed by atoms with Crippen LogP contribution in [0.25, 0.3) is 6.08 Å². The molecule has 4 rings (SSSR count). The van der Waals surface area contributed by atoms with Crippen molar-refractivity contribution in [3.8, 4) is 11.5 Å². The van der Waals surface area contributed by atoms with Crippen LogP contribution in [0.2, 0.25) is 5.02 Å². The Balaban J connectivity index is 1.66. The third-order valence-electron chi connectivity index (χ3n) is 5.79. The highest BCUT2D eigenvalue weighted by molar-refractivity contribution is 8.18. The van der Waals surface area contributed by atoms with Gasteiger partial charge in [0, 0.05) is 5.56 Å². The molecule has 7 nitrogen and oxygen atoms in total. The Morgan fingerprint density at radius 2 is 1.85 bits per heavy atom. The number of halogens is 2. The molecule has 3 aromatic rings. The first-order valence-electron chi connectivity index (χ1n) is 12.2. The fourth-order valence-corrected chi connectivity index (χ4v) is 5.09. The highest BCUT2D eigenvalue weighted by atomic mass is 35.5. The first-order chi connectivity index (χ1) is 19.2. The van der Waals surface area contributed by atoms with Gasteiger partial charge in [-0.25, -0.2) is 14.2 Å². The van der Waals surface area contributed by atoms with Crippen molar-refractivity contribution < 1.29 is 33.3 Å². The molecule has 1 aliphatic rings. The zero-order valence-electron chi connectivity index (χ0n) is 21.9. The monoisotopic (exact) mass is 581 g/mol. The zero-order chi connectivity index (χ0) is 28.8. The minimum atomic E-state index is -0.799. The summed E-state index contributed by atoms with van der Waals surface area (Å²) >= 11 is 7.47. The van der Waals surface area contributed by atoms with E-state index in [1.165, 1.54) is 19.2 Å². The molecule has 0 aromatic heterocycles. The third-order valence-corrected chi connectivity index (χ3v) is 7.10. The van der Waals surface area contributed by atoms with Gasteiger partial charge in [-0.05, 0) is 66.9 Å². The summed E-state index contributed by atoms with van der Waals surface area (Å²) in [7, 11) is 1.45. The van der Waals surface area contributed by atoms with Crippen LogP contribution in [0.1, 0.15) is 34.0 Å². The van der Waals surface area contributed by atoms with E-state index in [1.807, 2.05) is 0 Å². The van der Waals surface area contributed by atoms with Crippen LogP contribution < -0.4 is 9.47 Å². The number of thioether (sulfide) groups is 1. The Hall–Kier alpha value is -4.08. The van der Waals surface area contributed by atoms with Gasteiger partial charge in [-0.15, -0.1) is 0 Å². The number of esters is 1. The highest BCUT2D eigenvalue weighted by Gasteiger charge is 2.34. The quantitative estimate of drug-likeness (QED) is 0.284. The smallest absolute Gasteiger partial charge is 0.344 e. The molecule has 3 aromatic carbocycles. The van der Waals surface area contributed by atoms with E-state index in [0.717, 1.165) is 22.9 Å². The van der Waals surface area contributed by atoms with Crippen molar-refractivity contribution in [3.63, 3.8) is 0 Å². The normalized spacial score (nSPS) is 15.0. The van der Waals surface area contributed by atoms with Crippen LogP contribution >= 0.6 is 23.4 Å². The largest absolute Gasteiger partial charge is 0.506 e. The van der Waals surface area contributed by atoms with Gasteiger partial charge in [0.1, 0.15) is 28.8 Å². The molecular formula is C30H25ClFNO6S. The van der Waals surface area contributed by atoms with Crippen molar-refractivity contribution in [2.75, 3.05) is 13.7 Å². The lowest BCUT2D eigenvalue weighted by Crippen LogP contribution is -2.14. The molecule has 10 heteroatoms. The third kappa shape index (κ3) is 6.55. The number of ether oxygens (including phenoxy) is 3. The van der Waals surface area contributed by atoms with Crippen LogP contribution in [-0.2, 0) is 16.1 Å². The molecule has 0 fully saturated rings. The van der Waals surface area contributed by atoms with Gasteiger partial charge < -0.3 is 19.3 Å². The average Bonchev–Trinajstić information content (AvgIpc) is 3.22. The number of aryl methyl sites for hydroxylation is 1. The van der Waals surface area contributed by atoms with E-state index in [2.05, 4.69) is 4.99 Å². The summed E-state index contributed by atoms with van der Waals surface area (Å²) in [6.45, 7) is 3.63. The second-order valence-electron chi connectivity index (χ2n) is 8.54. The van der Waals surface area contributed by atoms with Crippen LogP contribution in [0.15, 0.2) is 81.9 Å². The number of carbonyl (C=O) groups excluding carboxylic acids is 2. The Morgan fingerprint density at radius 3 is 2.52 bits per heavy atom.